The van der Waals surface area contributed by atoms with Gasteiger partial charge in [0.05, 0.1) is 0 Å². The summed E-state index contributed by atoms with van der Waals surface area (Å²) in [6.45, 7) is 2.40. The first kappa shape index (κ1) is 20.3. The molecular formula is C10H11F4O7S-. The molecular weight excluding hydrogens is 340 g/mol. The topological polar surface area (TPSA) is 110 Å². The van der Waals surface area contributed by atoms with Crippen LogP contribution < -0.4 is 0 Å². The van der Waals surface area contributed by atoms with Gasteiger partial charge in [-0.3, -0.25) is 0 Å². The van der Waals surface area contributed by atoms with E-state index >= 15 is 0 Å². The summed E-state index contributed by atoms with van der Waals surface area (Å²) in [6, 6.07) is 0. The van der Waals surface area contributed by atoms with Crippen molar-refractivity contribution in [2.75, 3.05) is 6.61 Å². The Bertz CT molecular complexity index is 570. The molecule has 0 N–H and O–H groups in total. The second-order valence-electron chi connectivity index (χ2n) is 4.12. The molecule has 0 spiro atoms. The maximum absolute atomic E-state index is 13.5. The summed E-state index contributed by atoms with van der Waals surface area (Å²) < 4.78 is 90.1. The lowest BCUT2D eigenvalue weighted by molar-refractivity contribution is -0.198. The van der Waals surface area contributed by atoms with Gasteiger partial charge in [-0.1, -0.05) is 6.58 Å². The van der Waals surface area contributed by atoms with Crippen LogP contribution in [0.5, 0.6) is 0 Å². The van der Waals surface area contributed by atoms with Crippen LogP contribution in [0, 0.1) is 0 Å². The molecule has 7 nitrogen and oxygen atoms in total. The molecule has 0 rings (SSSR count). The summed E-state index contributed by atoms with van der Waals surface area (Å²) in [5, 5.41) is -5.07. The highest BCUT2D eigenvalue weighted by atomic mass is 32.2. The molecule has 0 fully saturated rings. The van der Waals surface area contributed by atoms with Crippen LogP contribution in [0.2, 0.25) is 0 Å². The van der Waals surface area contributed by atoms with Gasteiger partial charge in [0.2, 0.25) is 0 Å². The molecule has 0 heterocycles. The lowest BCUT2D eigenvalue weighted by atomic mass is 10.2. The zero-order valence-electron chi connectivity index (χ0n) is 11.3. The van der Waals surface area contributed by atoms with E-state index in [1.54, 1.807) is 0 Å². The van der Waals surface area contributed by atoms with Crippen molar-refractivity contribution in [2.45, 2.75) is 31.1 Å². The molecule has 1 atom stereocenters. The minimum absolute atomic E-state index is 0.264. The molecule has 0 aliphatic heterocycles. The number of hydrogen-bond acceptors (Lipinski definition) is 7. The summed E-state index contributed by atoms with van der Waals surface area (Å²) in [5.74, 6) is -8.40. The Morgan fingerprint density at radius 1 is 1.27 bits per heavy atom. The highest BCUT2D eigenvalue weighted by Crippen LogP contribution is 2.26. The number of rotatable bonds is 7. The molecule has 0 saturated carbocycles. The fourth-order valence-corrected chi connectivity index (χ4v) is 1.02. The van der Waals surface area contributed by atoms with Gasteiger partial charge in [0, 0.05) is 5.57 Å². The molecule has 0 aromatic heterocycles. The molecule has 0 saturated heterocycles. The number of ether oxygens (including phenoxy) is 2. The molecule has 0 aliphatic carbocycles. The number of alkyl halides is 4. The summed E-state index contributed by atoms with van der Waals surface area (Å²) in [6.07, 6.45) is -2.40. The van der Waals surface area contributed by atoms with Crippen LogP contribution in [0.3, 0.4) is 0 Å². The lowest BCUT2D eigenvalue weighted by Crippen LogP contribution is -2.45. The Hall–Kier alpha value is -1.69. The number of esters is 2. The van der Waals surface area contributed by atoms with Crippen molar-refractivity contribution in [1.82, 2.24) is 0 Å². The predicted octanol–water partition coefficient (Wildman–Crippen LogP) is 0.811. The molecule has 1 unspecified atom stereocenters. The Balaban J connectivity index is 4.90. The Kier molecular flexibility index (Phi) is 6.10. The predicted molar refractivity (Wildman–Crippen MR) is 60.9 cm³/mol. The van der Waals surface area contributed by atoms with Crippen LogP contribution in [0.4, 0.5) is 17.6 Å². The van der Waals surface area contributed by atoms with Crippen molar-refractivity contribution < 1.29 is 49.6 Å². The molecule has 12 heteroatoms. The minimum atomic E-state index is -6.20. The smallest absolute Gasteiger partial charge is 0.381 e. The van der Waals surface area contributed by atoms with Gasteiger partial charge in [-0.2, -0.15) is 17.6 Å². The van der Waals surface area contributed by atoms with Gasteiger partial charge in [-0.05, 0) is 13.8 Å². The first-order valence-electron chi connectivity index (χ1n) is 5.37. The molecule has 0 aromatic carbocycles. The van der Waals surface area contributed by atoms with Crippen molar-refractivity contribution in [3.05, 3.63) is 12.2 Å². The van der Waals surface area contributed by atoms with E-state index in [0.29, 0.717) is 6.92 Å². The van der Waals surface area contributed by atoms with Crippen molar-refractivity contribution >= 4 is 22.1 Å². The molecule has 0 bridgehead atoms. The second-order valence-corrected chi connectivity index (χ2v) is 5.62. The number of hydrogen-bond donors (Lipinski definition) is 0. The molecule has 0 radical (unpaired) electrons. The molecule has 128 valence electrons. The second kappa shape index (κ2) is 6.60. The van der Waals surface area contributed by atoms with Crippen LogP contribution in [0.1, 0.15) is 13.8 Å². The third-order valence-corrected chi connectivity index (χ3v) is 3.00. The maximum Gasteiger partial charge on any atom is 0.381 e. The Morgan fingerprint density at radius 3 is 2.09 bits per heavy atom. The van der Waals surface area contributed by atoms with E-state index in [-0.39, 0.29) is 5.57 Å². The minimum Gasteiger partial charge on any atom is -0.743 e. The van der Waals surface area contributed by atoms with Crippen LogP contribution in [0.15, 0.2) is 12.2 Å². The number of carbonyl (C=O) groups excluding carboxylic acids is 2. The van der Waals surface area contributed by atoms with Gasteiger partial charge >= 0.3 is 23.1 Å². The fraction of sp³-hybridized carbons (Fsp3) is 0.600. The third-order valence-electron chi connectivity index (χ3n) is 2.15. The molecule has 22 heavy (non-hydrogen) atoms. The van der Waals surface area contributed by atoms with E-state index in [0.717, 1.165) is 6.92 Å². The van der Waals surface area contributed by atoms with E-state index < -0.39 is 45.9 Å². The largest absolute Gasteiger partial charge is 0.743 e. The third kappa shape index (κ3) is 4.94. The average molecular weight is 351 g/mol. The quantitative estimate of drug-likeness (QED) is 0.289. The number of halogens is 4. The van der Waals surface area contributed by atoms with E-state index in [4.69, 9.17) is 0 Å². The van der Waals surface area contributed by atoms with Gasteiger partial charge in [0.1, 0.15) is 0 Å². The molecule has 0 amide bonds. The highest BCUT2D eigenvalue weighted by molar-refractivity contribution is 7.86. The lowest BCUT2D eigenvalue weighted by Gasteiger charge is -2.24. The average Bonchev–Trinajstić information content (AvgIpc) is 2.33. The van der Waals surface area contributed by atoms with Gasteiger partial charge < -0.3 is 14.0 Å². The standard InChI is InChI=1S/C10H12F4O7S/c1-5(2)7(15)21-6(3)10(13,14)8(16)20-4-9(11,12)22(17,18)19/h6H,1,4H2,2-3H3,(H,17,18,19)/p-1. The SMILES string of the molecule is C=C(C)C(=O)OC(C)C(F)(F)C(=O)OCC(F)(F)S(=O)(=O)[O-]. The molecule has 0 aromatic rings. The zero-order valence-corrected chi connectivity index (χ0v) is 12.1. The van der Waals surface area contributed by atoms with Crippen LogP contribution in [-0.4, -0.2) is 48.8 Å². The fourth-order valence-electron chi connectivity index (χ4n) is 0.819. The van der Waals surface area contributed by atoms with Gasteiger partial charge in [0.15, 0.2) is 22.8 Å². The van der Waals surface area contributed by atoms with Gasteiger partial charge in [-0.15, -0.1) is 0 Å². The summed E-state index contributed by atoms with van der Waals surface area (Å²) >= 11 is 0. The Labute approximate surface area is 122 Å². The normalized spacial score (nSPS) is 14.1. The first-order chi connectivity index (χ1) is 9.63. The van der Waals surface area contributed by atoms with E-state index in [2.05, 4.69) is 16.1 Å². The zero-order chi connectivity index (χ0) is 17.9. The first-order valence-corrected chi connectivity index (χ1v) is 6.78. The van der Waals surface area contributed by atoms with Crippen LogP contribution >= 0.6 is 0 Å². The highest BCUT2D eigenvalue weighted by Gasteiger charge is 2.51. The Morgan fingerprint density at radius 2 is 1.73 bits per heavy atom. The maximum atomic E-state index is 13.5. The van der Waals surface area contributed by atoms with Gasteiger partial charge in [0.25, 0.3) is 0 Å². The summed E-state index contributed by atoms with van der Waals surface area (Å²) in [5.41, 5.74) is -0.264. The summed E-state index contributed by atoms with van der Waals surface area (Å²) in [7, 11) is -6.20. The van der Waals surface area contributed by atoms with E-state index in [1.807, 2.05) is 0 Å². The van der Waals surface area contributed by atoms with Crippen molar-refractivity contribution in [1.29, 1.82) is 0 Å². The summed E-state index contributed by atoms with van der Waals surface area (Å²) in [4.78, 5) is 22.0. The van der Waals surface area contributed by atoms with Crippen molar-refractivity contribution in [3.8, 4) is 0 Å². The van der Waals surface area contributed by atoms with Crippen LogP contribution in [-0.2, 0) is 29.2 Å². The monoisotopic (exact) mass is 351 g/mol. The molecule has 0 aliphatic rings. The number of carbonyl (C=O) groups is 2. The van der Waals surface area contributed by atoms with Crippen LogP contribution in [0.25, 0.3) is 0 Å². The van der Waals surface area contributed by atoms with Gasteiger partial charge in [-0.25, -0.2) is 18.0 Å². The van der Waals surface area contributed by atoms with E-state index in [9.17, 15) is 40.1 Å². The van der Waals surface area contributed by atoms with E-state index in [1.165, 1.54) is 0 Å². The van der Waals surface area contributed by atoms with Crippen molar-refractivity contribution in [2.24, 2.45) is 0 Å². The van der Waals surface area contributed by atoms with Crippen molar-refractivity contribution in [3.63, 3.8) is 0 Å².